The molecule has 0 bridgehead atoms. The van der Waals surface area contributed by atoms with Crippen molar-refractivity contribution in [1.29, 1.82) is 0 Å². The zero-order valence-electron chi connectivity index (χ0n) is 11.1. The number of aromatic nitrogens is 4. The van der Waals surface area contributed by atoms with Crippen molar-refractivity contribution in [1.82, 2.24) is 20.0 Å². The Morgan fingerprint density at radius 3 is 2.50 bits per heavy atom. The highest BCUT2D eigenvalue weighted by Crippen LogP contribution is 2.29. The first-order chi connectivity index (χ1) is 9.24. The van der Waals surface area contributed by atoms with Gasteiger partial charge in [0, 0.05) is 13.3 Å². The third-order valence-electron chi connectivity index (χ3n) is 2.94. The first-order valence-electron chi connectivity index (χ1n) is 5.74. The summed E-state index contributed by atoms with van der Waals surface area (Å²) in [7, 11) is 1.52. The first kappa shape index (κ1) is 14.4. The van der Waals surface area contributed by atoms with Gasteiger partial charge in [0.15, 0.2) is 0 Å². The van der Waals surface area contributed by atoms with E-state index in [1.807, 2.05) is 0 Å². The minimum Gasteiger partial charge on any atom is -0.372 e. The van der Waals surface area contributed by atoms with Gasteiger partial charge in [0.1, 0.15) is 11.3 Å². The molecule has 2 heterocycles. The SMILES string of the molecule is COC(C)(C)c1cn(-c2cncc(C(F)(F)F)c2)nn1. The van der Waals surface area contributed by atoms with E-state index >= 15 is 0 Å². The van der Waals surface area contributed by atoms with Crippen LogP contribution in [0.2, 0.25) is 0 Å². The fraction of sp³-hybridized carbons (Fsp3) is 0.417. The number of hydrogen-bond donors (Lipinski definition) is 0. The fourth-order valence-corrected chi connectivity index (χ4v) is 1.48. The highest BCUT2D eigenvalue weighted by Gasteiger charge is 2.31. The van der Waals surface area contributed by atoms with Crippen molar-refractivity contribution in [3.8, 4) is 5.69 Å². The van der Waals surface area contributed by atoms with Crippen LogP contribution in [0.3, 0.4) is 0 Å². The summed E-state index contributed by atoms with van der Waals surface area (Å²) in [6.45, 7) is 3.57. The Bertz CT molecular complexity index is 607. The molecule has 0 aromatic carbocycles. The van der Waals surface area contributed by atoms with E-state index in [9.17, 15) is 13.2 Å². The molecule has 0 unspecified atom stereocenters. The second-order valence-electron chi connectivity index (χ2n) is 4.69. The molecule has 0 fully saturated rings. The van der Waals surface area contributed by atoms with Crippen molar-refractivity contribution < 1.29 is 17.9 Å². The van der Waals surface area contributed by atoms with Gasteiger partial charge in [-0.1, -0.05) is 5.21 Å². The van der Waals surface area contributed by atoms with Gasteiger partial charge in [-0.15, -0.1) is 5.10 Å². The standard InChI is InChI=1S/C12H13F3N4O/c1-11(2,20-3)10-7-19(18-17-10)9-4-8(5-16-6-9)12(13,14)15/h4-7H,1-3H3. The number of alkyl halides is 3. The summed E-state index contributed by atoms with van der Waals surface area (Å²) in [6, 6.07) is 0.964. The maximum Gasteiger partial charge on any atom is 0.417 e. The van der Waals surface area contributed by atoms with Crippen LogP contribution < -0.4 is 0 Å². The molecule has 0 spiro atoms. The Morgan fingerprint density at radius 1 is 1.20 bits per heavy atom. The van der Waals surface area contributed by atoms with E-state index in [0.29, 0.717) is 5.69 Å². The monoisotopic (exact) mass is 286 g/mol. The van der Waals surface area contributed by atoms with E-state index in [0.717, 1.165) is 12.3 Å². The minimum atomic E-state index is -4.45. The van der Waals surface area contributed by atoms with Crippen LogP contribution in [0, 0.1) is 0 Å². The van der Waals surface area contributed by atoms with Gasteiger partial charge in [-0.05, 0) is 19.9 Å². The second-order valence-corrected chi connectivity index (χ2v) is 4.69. The normalized spacial score (nSPS) is 12.7. The lowest BCUT2D eigenvalue weighted by Gasteiger charge is -2.18. The molecule has 0 amide bonds. The Kier molecular flexibility index (Phi) is 3.51. The van der Waals surface area contributed by atoms with E-state index in [1.165, 1.54) is 24.2 Å². The van der Waals surface area contributed by atoms with Gasteiger partial charge in [-0.2, -0.15) is 13.2 Å². The molecule has 20 heavy (non-hydrogen) atoms. The summed E-state index contributed by atoms with van der Waals surface area (Å²) in [5.74, 6) is 0. The fourth-order valence-electron chi connectivity index (χ4n) is 1.48. The molecule has 2 aromatic rings. The summed E-state index contributed by atoms with van der Waals surface area (Å²) >= 11 is 0. The highest BCUT2D eigenvalue weighted by molar-refractivity contribution is 5.32. The van der Waals surface area contributed by atoms with Crippen molar-refractivity contribution >= 4 is 0 Å². The van der Waals surface area contributed by atoms with E-state index in [2.05, 4.69) is 15.3 Å². The smallest absolute Gasteiger partial charge is 0.372 e. The number of nitrogens with zero attached hydrogens (tertiary/aromatic N) is 4. The quantitative estimate of drug-likeness (QED) is 0.870. The van der Waals surface area contributed by atoms with Crippen LogP contribution in [0.5, 0.6) is 0 Å². The average molecular weight is 286 g/mol. The van der Waals surface area contributed by atoms with Crippen LogP contribution in [0.4, 0.5) is 13.2 Å². The molecule has 8 heteroatoms. The van der Waals surface area contributed by atoms with Crippen molar-refractivity contribution in [3.63, 3.8) is 0 Å². The lowest BCUT2D eigenvalue weighted by Crippen LogP contribution is -2.19. The molecule has 0 atom stereocenters. The van der Waals surface area contributed by atoms with Crippen LogP contribution in [-0.4, -0.2) is 27.1 Å². The van der Waals surface area contributed by atoms with Crippen LogP contribution in [0.15, 0.2) is 24.7 Å². The average Bonchev–Trinajstić information content (AvgIpc) is 2.88. The lowest BCUT2D eigenvalue weighted by atomic mass is 10.1. The molecule has 0 saturated carbocycles. The summed E-state index contributed by atoms with van der Waals surface area (Å²) in [5.41, 5.74) is -0.811. The number of ether oxygens (including phenoxy) is 1. The van der Waals surface area contributed by atoms with Crippen LogP contribution in [-0.2, 0) is 16.5 Å². The van der Waals surface area contributed by atoms with Crippen molar-refractivity contribution in [3.05, 3.63) is 35.9 Å². The topological polar surface area (TPSA) is 52.8 Å². The van der Waals surface area contributed by atoms with Gasteiger partial charge in [0.25, 0.3) is 0 Å². The second kappa shape index (κ2) is 4.86. The molecule has 0 N–H and O–H groups in total. The minimum absolute atomic E-state index is 0.186. The highest BCUT2D eigenvalue weighted by atomic mass is 19.4. The molecule has 0 aliphatic heterocycles. The molecule has 5 nitrogen and oxygen atoms in total. The Hall–Kier alpha value is -1.96. The van der Waals surface area contributed by atoms with Gasteiger partial charge in [-0.25, -0.2) is 4.68 Å². The predicted octanol–water partition coefficient (Wildman–Crippen LogP) is 2.56. The van der Waals surface area contributed by atoms with Crippen LogP contribution in [0.1, 0.15) is 25.1 Å². The zero-order chi connectivity index (χ0) is 15.0. The Morgan fingerprint density at radius 2 is 1.90 bits per heavy atom. The summed E-state index contributed by atoms with van der Waals surface area (Å²) in [6.07, 6.45) is -0.882. The van der Waals surface area contributed by atoms with Gasteiger partial charge in [0.05, 0.1) is 23.6 Å². The van der Waals surface area contributed by atoms with Gasteiger partial charge in [-0.3, -0.25) is 4.98 Å². The van der Waals surface area contributed by atoms with E-state index in [-0.39, 0.29) is 5.69 Å². The summed E-state index contributed by atoms with van der Waals surface area (Å²) < 4.78 is 44.4. The van der Waals surface area contributed by atoms with E-state index < -0.39 is 17.3 Å². The number of hydrogen-bond acceptors (Lipinski definition) is 4. The Labute approximate surface area is 113 Å². The first-order valence-corrected chi connectivity index (χ1v) is 5.74. The van der Waals surface area contributed by atoms with Crippen molar-refractivity contribution in [2.45, 2.75) is 25.6 Å². The predicted molar refractivity (Wildman–Crippen MR) is 64.2 cm³/mol. The molecule has 0 saturated heterocycles. The molecule has 2 rings (SSSR count). The third-order valence-corrected chi connectivity index (χ3v) is 2.94. The Balaban J connectivity index is 2.38. The van der Waals surface area contributed by atoms with Crippen molar-refractivity contribution in [2.75, 3.05) is 7.11 Å². The van der Waals surface area contributed by atoms with Gasteiger partial charge in [0.2, 0.25) is 0 Å². The summed E-state index contributed by atoms with van der Waals surface area (Å²) in [4.78, 5) is 3.58. The summed E-state index contributed by atoms with van der Waals surface area (Å²) in [5, 5.41) is 7.71. The van der Waals surface area contributed by atoms with Crippen LogP contribution >= 0.6 is 0 Å². The molecule has 0 aliphatic carbocycles. The number of pyridine rings is 1. The van der Waals surface area contributed by atoms with Gasteiger partial charge < -0.3 is 4.74 Å². The zero-order valence-corrected chi connectivity index (χ0v) is 11.1. The van der Waals surface area contributed by atoms with Crippen molar-refractivity contribution in [2.24, 2.45) is 0 Å². The maximum absolute atomic E-state index is 12.6. The molecule has 0 radical (unpaired) electrons. The van der Waals surface area contributed by atoms with E-state index in [1.54, 1.807) is 13.8 Å². The van der Waals surface area contributed by atoms with Crippen LogP contribution in [0.25, 0.3) is 5.69 Å². The molecule has 108 valence electrons. The number of halogens is 3. The van der Waals surface area contributed by atoms with E-state index in [4.69, 9.17) is 4.74 Å². The molecular formula is C12H13F3N4O. The maximum atomic E-state index is 12.6. The molecule has 0 aliphatic rings. The van der Waals surface area contributed by atoms with Gasteiger partial charge >= 0.3 is 6.18 Å². The third kappa shape index (κ3) is 2.79. The molecule has 2 aromatic heterocycles. The lowest BCUT2D eigenvalue weighted by molar-refractivity contribution is -0.137. The number of rotatable bonds is 3. The molecular weight excluding hydrogens is 273 g/mol. The largest absolute Gasteiger partial charge is 0.417 e. The number of methoxy groups -OCH3 is 1.